The lowest BCUT2D eigenvalue weighted by Crippen LogP contribution is -2.49. The van der Waals surface area contributed by atoms with Crippen molar-refractivity contribution in [2.45, 2.75) is 77.7 Å². The Hall–Kier alpha value is -0.570. The summed E-state index contributed by atoms with van der Waals surface area (Å²) >= 11 is 0. The van der Waals surface area contributed by atoms with Crippen LogP contribution in [0.1, 0.15) is 71.6 Å². The van der Waals surface area contributed by atoms with E-state index >= 15 is 0 Å². The summed E-state index contributed by atoms with van der Waals surface area (Å²) in [4.78, 5) is 14.0. The molecule has 112 valence electrons. The lowest BCUT2D eigenvalue weighted by Gasteiger charge is -2.35. The third kappa shape index (κ3) is 6.42. The molecule has 1 amide bonds. The molecule has 2 atom stereocenters. The molecule has 0 aliphatic carbocycles. The first-order valence-corrected chi connectivity index (χ1v) is 8.18. The van der Waals surface area contributed by atoms with Crippen molar-refractivity contribution in [2.75, 3.05) is 13.1 Å². The van der Waals surface area contributed by atoms with Gasteiger partial charge in [-0.2, -0.15) is 0 Å². The lowest BCUT2D eigenvalue weighted by atomic mass is 9.94. The number of unbranched alkanes of at least 4 members (excludes halogenated alkanes) is 6. The van der Waals surface area contributed by atoms with Crippen LogP contribution in [0.25, 0.3) is 0 Å². The molecule has 1 aliphatic heterocycles. The molecule has 0 aromatic carbocycles. The summed E-state index contributed by atoms with van der Waals surface area (Å²) in [5, 5.41) is 0. The van der Waals surface area contributed by atoms with Crippen LogP contribution in [0.3, 0.4) is 0 Å². The van der Waals surface area contributed by atoms with Crippen molar-refractivity contribution in [1.82, 2.24) is 4.90 Å². The van der Waals surface area contributed by atoms with Gasteiger partial charge in [0.15, 0.2) is 0 Å². The van der Waals surface area contributed by atoms with Gasteiger partial charge in [0.1, 0.15) is 0 Å². The number of amides is 1. The Morgan fingerprint density at radius 2 is 1.79 bits per heavy atom. The van der Waals surface area contributed by atoms with E-state index in [2.05, 4.69) is 13.8 Å². The minimum atomic E-state index is 0.173. The van der Waals surface area contributed by atoms with Crippen LogP contribution in [0, 0.1) is 5.92 Å². The van der Waals surface area contributed by atoms with Gasteiger partial charge in [-0.25, -0.2) is 0 Å². The van der Waals surface area contributed by atoms with Crippen LogP contribution in [0.2, 0.25) is 0 Å². The van der Waals surface area contributed by atoms with E-state index in [9.17, 15) is 4.79 Å². The van der Waals surface area contributed by atoms with Crippen molar-refractivity contribution in [1.29, 1.82) is 0 Å². The van der Waals surface area contributed by atoms with Gasteiger partial charge in [0.25, 0.3) is 0 Å². The molecule has 3 heteroatoms. The van der Waals surface area contributed by atoms with E-state index in [-0.39, 0.29) is 6.04 Å². The first-order valence-electron chi connectivity index (χ1n) is 8.18. The van der Waals surface area contributed by atoms with E-state index in [4.69, 9.17) is 5.73 Å². The average Bonchev–Trinajstić information content (AvgIpc) is 2.40. The first-order chi connectivity index (χ1) is 9.15. The zero-order chi connectivity index (χ0) is 14.1. The highest BCUT2D eigenvalue weighted by molar-refractivity contribution is 5.76. The minimum Gasteiger partial charge on any atom is -0.341 e. The number of nitrogens with zero attached hydrogens (tertiary/aromatic N) is 1. The Bertz CT molecular complexity index is 255. The highest BCUT2D eigenvalue weighted by Gasteiger charge is 2.25. The maximum absolute atomic E-state index is 12.1. The van der Waals surface area contributed by atoms with Gasteiger partial charge in [0.2, 0.25) is 5.91 Å². The molecule has 0 spiro atoms. The van der Waals surface area contributed by atoms with E-state index in [0.717, 1.165) is 32.4 Å². The topological polar surface area (TPSA) is 46.3 Å². The summed E-state index contributed by atoms with van der Waals surface area (Å²) in [6.07, 6.45) is 10.6. The van der Waals surface area contributed by atoms with Crippen LogP contribution in [0.5, 0.6) is 0 Å². The van der Waals surface area contributed by atoms with Crippen molar-refractivity contribution in [3.05, 3.63) is 0 Å². The van der Waals surface area contributed by atoms with Gasteiger partial charge in [-0.05, 0) is 18.8 Å². The van der Waals surface area contributed by atoms with Crippen molar-refractivity contribution in [3.8, 4) is 0 Å². The summed E-state index contributed by atoms with van der Waals surface area (Å²) in [5.41, 5.74) is 6.04. The highest BCUT2D eigenvalue weighted by Crippen LogP contribution is 2.17. The maximum atomic E-state index is 12.1. The maximum Gasteiger partial charge on any atom is 0.222 e. The number of likely N-dealkylation sites (tertiary alicyclic amines) is 1. The first kappa shape index (κ1) is 16.5. The molecule has 0 bridgehead atoms. The number of hydrogen-bond donors (Lipinski definition) is 1. The monoisotopic (exact) mass is 268 g/mol. The number of piperidine rings is 1. The number of carbonyl (C=O) groups excluding carboxylic acids is 1. The number of hydrogen-bond acceptors (Lipinski definition) is 2. The largest absolute Gasteiger partial charge is 0.341 e. The van der Waals surface area contributed by atoms with E-state index in [1.54, 1.807) is 0 Å². The molecular weight excluding hydrogens is 236 g/mol. The standard InChI is InChI=1S/C16H32N2O/c1-3-4-5-6-7-8-9-10-16(19)18-12-11-14(2)15(17)13-18/h14-15H,3-13,17H2,1-2H3. The van der Waals surface area contributed by atoms with Gasteiger partial charge < -0.3 is 10.6 Å². The molecule has 1 fully saturated rings. The Kier molecular flexibility index (Phi) is 8.11. The predicted octanol–water partition coefficient (Wildman–Crippen LogP) is 3.32. The molecular formula is C16H32N2O. The summed E-state index contributed by atoms with van der Waals surface area (Å²) in [6, 6.07) is 0.173. The number of nitrogens with two attached hydrogens (primary N) is 1. The summed E-state index contributed by atoms with van der Waals surface area (Å²) in [6.45, 7) is 6.09. The van der Waals surface area contributed by atoms with Crippen molar-refractivity contribution < 1.29 is 4.79 Å². The fourth-order valence-electron chi connectivity index (χ4n) is 2.72. The molecule has 3 nitrogen and oxygen atoms in total. The molecule has 0 aromatic heterocycles. The van der Waals surface area contributed by atoms with Gasteiger partial charge in [0.05, 0.1) is 0 Å². The number of rotatable bonds is 8. The summed E-state index contributed by atoms with van der Waals surface area (Å²) < 4.78 is 0. The second-order valence-electron chi connectivity index (χ2n) is 6.14. The molecule has 1 aliphatic rings. The summed E-state index contributed by atoms with van der Waals surface area (Å²) in [7, 11) is 0. The quantitative estimate of drug-likeness (QED) is 0.686. The Balaban J connectivity index is 2.04. The number of carbonyl (C=O) groups is 1. The van der Waals surface area contributed by atoms with Crippen LogP contribution in [-0.4, -0.2) is 29.9 Å². The normalized spacial score (nSPS) is 23.6. The van der Waals surface area contributed by atoms with Gasteiger partial charge in [0, 0.05) is 25.6 Å². The van der Waals surface area contributed by atoms with Crippen molar-refractivity contribution in [2.24, 2.45) is 11.7 Å². The van der Waals surface area contributed by atoms with Crippen molar-refractivity contribution in [3.63, 3.8) is 0 Å². The van der Waals surface area contributed by atoms with Gasteiger partial charge in [-0.3, -0.25) is 4.79 Å². The van der Waals surface area contributed by atoms with E-state index in [1.165, 1.54) is 38.5 Å². The van der Waals surface area contributed by atoms with Crippen LogP contribution >= 0.6 is 0 Å². The molecule has 0 radical (unpaired) electrons. The molecule has 0 aromatic rings. The molecule has 0 saturated carbocycles. The van der Waals surface area contributed by atoms with Crippen LogP contribution in [-0.2, 0) is 4.79 Å². The fourth-order valence-corrected chi connectivity index (χ4v) is 2.72. The minimum absolute atomic E-state index is 0.173. The molecule has 19 heavy (non-hydrogen) atoms. The Morgan fingerprint density at radius 1 is 1.16 bits per heavy atom. The predicted molar refractivity (Wildman–Crippen MR) is 80.9 cm³/mol. The van der Waals surface area contributed by atoms with Gasteiger partial charge in [-0.15, -0.1) is 0 Å². The van der Waals surface area contributed by atoms with Crippen LogP contribution in [0.15, 0.2) is 0 Å². The third-order valence-corrected chi connectivity index (χ3v) is 4.36. The molecule has 2 unspecified atom stereocenters. The van der Waals surface area contributed by atoms with E-state index in [1.807, 2.05) is 4.90 Å². The van der Waals surface area contributed by atoms with Crippen LogP contribution in [0.4, 0.5) is 0 Å². The Labute approximate surface area is 118 Å². The van der Waals surface area contributed by atoms with E-state index in [0.29, 0.717) is 11.8 Å². The zero-order valence-electron chi connectivity index (χ0n) is 12.9. The Morgan fingerprint density at radius 3 is 2.42 bits per heavy atom. The molecule has 1 rings (SSSR count). The van der Waals surface area contributed by atoms with Crippen molar-refractivity contribution >= 4 is 5.91 Å². The smallest absolute Gasteiger partial charge is 0.222 e. The SMILES string of the molecule is CCCCCCCCCC(=O)N1CCC(C)C(N)C1. The summed E-state index contributed by atoms with van der Waals surface area (Å²) in [5.74, 6) is 0.874. The second kappa shape index (κ2) is 9.35. The highest BCUT2D eigenvalue weighted by atomic mass is 16.2. The molecule has 2 N–H and O–H groups in total. The molecule has 1 heterocycles. The zero-order valence-corrected chi connectivity index (χ0v) is 12.9. The average molecular weight is 268 g/mol. The molecule has 1 saturated heterocycles. The fraction of sp³-hybridized carbons (Fsp3) is 0.938. The van der Waals surface area contributed by atoms with Crippen LogP contribution < -0.4 is 5.73 Å². The van der Waals surface area contributed by atoms with Gasteiger partial charge >= 0.3 is 0 Å². The van der Waals surface area contributed by atoms with E-state index < -0.39 is 0 Å². The lowest BCUT2D eigenvalue weighted by molar-refractivity contribution is -0.133. The third-order valence-electron chi connectivity index (χ3n) is 4.36. The second-order valence-corrected chi connectivity index (χ2v) is 6.14. The van der Waals surface area contributed by atoms with Gasteiger partial charge in [-0.1, -0.05) is 52.4 Å².